The summed E-state index contributed by atoms with van der Waals surface area (Å²) < 4.78 is 70.3. The van der Waals surface area contributed by atoms with Crippen LogP contribution in [-0.2, 0) is 0 Å². The number of pyridine rings is 2. The van der Waals surface area contributed by atoms with Crippen molar-refractivity contribution >= 4 is 28.4 Å². The average molecular weight is 1730 g/mol. The number of hydrogen-bond donors (Lipinski definition) is 0. The molecule has 0 bridgehead atoms. The molecule has 5 aromatic heterocycles. The monoisotopic (exact) mass is 1730 g/mol. The van der Waals surface area contributed by atoms with Crippen LogP contribution in [0, 0.1) is 119 Å². The van der Waals surface area contributed by atoms with Crippen LogP contribution in [0.1, 0.15) is 27.8 Å². The van der Waals surface area contributed by atoms with Gasteiger partial charge in [-0.25, -0.2) is 86.0 Å². The van der Waals surface area contributed by atoms with Gasteiger partial charge in [0.25, 0.3) is 0 Å². The number of nitriles is 5. The normalized spacial score (nSPS) is 10.1. The predicted octanol–water partition coefficient (Wildman–Crippen LogP) is 27.5. The number of benzene rings is 13. The van der Waals surface area contributed by atoms with Crippen LogP contribution in [0.15, 0.2) is 352 Å². The van der Waals surface area contributed by atoms with Crippen molar-refractivity contribution in [1.82, 2.24) is 44.9 Å². The molecule has 24 heteroatoms. The summed E-state index contributed by atoms with van der Waals surface area (Å²) in [5.41, 5.74) is 13.3. The number of halogens is 5. The summed E-state index contributed by atoms with van der Waals surface area (Å²) in [5.74, 6) is -2.04. The van der Waals surface area contributed by atoms with Gasteiger partial charge in [0.15, 0.2) is 29.1 Å². The lowest BCUT2D eigenvalue weighted by molar-refractivity contribution is 0.629. The summed E-state index contributed by atoms with van der Waals surface area (Å²) in [6, 6.07) is 111. The number of nitrogens with zero attached hydrogens (tertiary/aromatic N) is 19. The van der Waals surface area contributed by atoms with E-state index in [2.05, 4.69) is 59.1 Å². The molecule has 0 amide bonds. The maximum Gasteiger partial charge on any atom is 0.224 e. The Kier molecular flexibility index (Phi) is 28.5. The van der Waals surface area contributed by atoms with E-state index < -0.39 is 29.1 Å². The van der Waals surface area contributed by atoms with E-state index >= 15 is 0 Å². The fourth-order valence-corrected chi connectivity index (χ4v) is 13.4. The molecule has 18 rings (SSSR count). The van der Waals surface area contributed by atoms with E-state index in [-0.39, 0.29) is 62.1 Å². The lowest BCUT2D eigenvalue weighted by atomic mass is 9.98. The molecule has 19 nitrogen and oxygen atoms in total. The van der Waals surface area contributed by atoms with E-state index in [1.807, 2.05) is 273 Å². The van der Waals surface area contributed by atoms with E-state index in [9.17, 15) is 43.0 Å². The summed E-state index contributed by atoms with van der Waals surface area (Å²) in [7, 11) is 0. The third-order valence-corrected chi connectivity index (χ3v) is 20.0. The minimum Gasteiger partial charge on any atom is -0.265 e. The van der Waals surface area contributed by atoms with Crippen molar-refractivity contribution in [2.75, 3.05) is 0 Å². The fourth-order valence-electron chi connectivity index (χ4n) is 13.4. The molecule has 0 aliphatic heterocycles. The third kappa shape index (κ3) is 21.3. The van der Waals surface area contributed by atoms with Gasteiger partial charge in [-0.1, -0.05) is 243 Å². The van der Waals surface area contributed by atoms with Crippen molar-refractivity contribution in [3.05, 3.63) is 466 Å². The third-order valence-electron chi connectivity index (χ3n) is 20.0. The largest absolute Gasteiger partial charge is 0.265 e. The van der Waals surface area contributed by atoms with Gasteiger partial charge in [-0.05, 0) is 125 Å². The maximum absolute atomic E-state index is 14.2. The van der Waals surface area contributed by atoms with Gasteiger partial charge in [0.2, 0.25) is 28.4 Å². The van der Waals surface area contributed by atoms with Gasteiger partial charge < -0.3 is 0 Å². The highest BCUT2D eigenvalue weighted by Gasteiger charge is 2.23. The van der Waals surface area contributed by atoms with E-state index in [0.717, 1.165) is 67.0 Å². The molecule has 0 radical (unpaired) electrons. The second kappa shape index (κ2) is 42.5. The first kappa shape index (κ1) is 89.2. The molecule has 0 spiro atoms. The standard InChI is InChI=1S/C25H14FN3.2C24H13FN4.C23H12FN5.C13H6FN3/c1-28-24-15-19(12-21(16-27)25(24)26)20-13-22(17-8-4-2-5-9-17)29-23(14-20)18-10-6-3-7-11-18;1-27-22-13-18(12-19(15-26)23(22)25)21-14-20(16-8-4-2-5-9-16)28-24(29-21)17-10-6-3-7-11-17;1-27-22-13-18(12-19(15-26)23(22)25)24-28-20(16-8-4-2-5-9-16)14-21(29-24)17-10-6-3-7-11-17;1-26-19-13-17(12-18(14-25)20(19)24)23-28-21(15-8-4-2-5-9-15)27-22(29-23)16-10-6-3-7-11-16;1-16-12-7-10(6-11(8-15)13(12)14)9-2-4-17-5-3-9/h2-15H;2*2-14H;2-13H;2-7H. The van der Waals surface area contributed by atoms with Crippen LogP contribution >= 0.6 is 0 Å². The van der Waals surface area contributed by atoms with Crippen molar-refractivity contribution in [2.24, 2.45) is 0 Å². The molecule has 0 N–H and O–H groups in total. The van der Waals surface area contributed by atoms with Crippen LogP contribution < -0.4 is 0 Å². The lowest BCUT2D eigenvalue weighted by Crippen LogP contribution is -2.00. The molecule has 0 saturated carbocycles. The Morgan fingerprint density at radius 2 is 0.383 bits per heavy atom. The molecule has 624 valence electrons. The summed E-state index contributed by atoms with van der Waals surface area (Å²) in [4.78, 5) is 56.8. The minimum atomic E-state index is -0.841. The maximum atomic E-state index is 14.2. The van der Waals surface area contributed by atoms with E-state index in [4.69, 9.17) is 48.1 Å². The van der Waals surface area contributed by atoms with Gasteiger partial charge in [0.1, 0.15) is 59.4 Å². The van der Waals surface area contributed by atoms with Gasteiger partial charge in [-0.15, -0.1) is 0 Å². The predicted molar refractivity (Wildman–Crippen MR) is 498 cm³/mol. The fraction of sp³-hybridized carbons (Fsp3) is 0. The zero-order valence-corrected chi connectivity index (χ0v) is 69.4. The van der Waals surface area contributed by atoms with Gasteiger partial charge >= 0.3 is 0 Å². The van der Waals surface area contributed by atoms with E-state index in [1.54, 1.807) is 48.8 Å². The summed E-state index contributed by atoms with van der Waals surface area (Å²) in [6.45, 7) is 35.7. The van der Waals surface area contributed by atoms with Gasteiger partial charge in [-0.3, -0.25) is 4.98 Å². The Labute approximate surface area is 760 Å². The molecule has 0 aliphatic carbocycles. The smallest absolute Gasteiger partial charge is 0.224 e. The van der Waals surface area contributed by atoms with Crippen molar-refractivity contribution < 1.29 is 22.0 Å². The van der Waals surface area contributed by atoms with Gasteiger partial charge in [0, 0.05) is 68.0 Å². The van der Waals surface area contributed by atoms with Crippen molar-refractivity contribution in [3.63, 3.8) is 0 Å². The quantitative estimate of drug-likeness (QED) is 0.0768. The van der Waals surface area contributed by atoms with Crippen LogP contribution in [0.4, 0.5) is 50.4 Å². The summed E-state index contributed by atoms with van der Waals surface area (Å²) in [5, 5.41) is 45.8. The molecule has 0 saturated heterocycles. The van der Waals surface area contributed by atoms with E-state index in [0.29, 0.717) is 73.9 Å². The number of hydrogen-bond acceptors (Lipinski definition) is 14. The summed E-state index contributed by atoms with van der Waals surface area (Å²) >= 11 is 0. The van der Waals surface area contributed by atoms with Crippen LogP contribution in [0.25, 0.3) is 171 Å². The Hall–Kier alpha value is -20.1. The minimum absolute atomic E-state index is 0.120. The van der Waals surface area contributed by atoms with Crippen LogP contribution in [0.5, 0.6) is 0 Å². The summed E-state index contributed by atoms with van der Waals surface area (Å²) in [6.07, 6.45) is 3.20. The SMILES string of the molecule is [C-]#[N+]c1cc(-c2cc(-c3ccccc3)nc(-c3ccccc3)c2)cc(C#N)c1F.[C-]#[N+]c1cc(-c2cc(-c3ccccc3)nc(-c3ccccc3)n2)cc(C#N)c1F.[C-]#[N+]c1cc(-c2ccncc2)cc(C#N)c1F.[C-]#[N+]c1cc(-c2nc(-c3ccccc3)cc(-c3ccccc3)n2)cc(C#N)c1F.[C-]#[N+]c1cc(-c2nc(-c3ccccc3)nc(-c3ccccc3)n2)cc(C#N)c1F. The van der Waals surface area contributed by atoms with Gasteiger partial charge in [-0.2, -0.15) is 26.3 Å². The topological polar surface area (TPSA) is 257 Å². The van der Waals surface area contributed by atoms with Gasteiger partial charge in [0.05, 0.1) is 94.8 Å². The first-order valence-electron chi connectivity index (χ1n) is 40.0. The zero-order chi connectivity index (χ0) is 93.1. The first-order chi connectivity index (χ1) is 65.0. The Morgan fingerprint density at radius 1 is 0.188 bits per heavy atom. The Morgan fingerprint density at radius 3 is 0.654 bits per heavy atom. The van der Waals surface area contributed by atoms with Crippen molar-refractivity contribution in [1.29, 1.82) is 26.3 Å². The van der Waals surface area contributed by atoms with Crippen LogP contribution in [0.2, 0.25) is 0 Å². The highest BCUT2D eigenvalue weighted by molar-refractivity contribution is 5.82. The second-order valence-corrected chi connectivity index (χ2v) is 28.4. The first-order valence-corrected chi connectivity index (χ1v) is 40.0. The molecule has 13 aromatic carbocycles. The molecular weight excluding hydrogens is 1670 g/mol. The molecule has 0 unspecified atom stereocenters. The second-order valence-electron chi connectivity index (χ2n) is 28.4. The Balaban J connectivity index is 0.000000135. The highest BCUT2D eigenvalue weighted by atomic mass is 19.1. The lowest BCUT2D eigenvalue weighted by Gasteiger charge is -2.11. The highest BCUT2D eigenvalue weighted by Crippen LogP contribution is 2.39. The molecule has 133 heavy (non-hydrogen) atoms. The van der Waals surface area contributed by atoms with Crippen molar-refractivity contribution in [2.45, 2.75) is 0 Å². The number of aromatic nitrogens is 9. The molecule has 18 aromatic rings. The molecule has 0 atom stereocenters. The number of rotatable bonds is 13. The van der Waals surface area contributed by atoms with Crippen LogP contribution in [-0.4, -0.2) is 44.9 Å². The van der Waals surface area contributed by atoms with Crippen LogP contribution in [0.3, 0.4) is 0 Å². The average Bonchev–Trinajstić information content (AvgIpc) is 0.798. The Bertz CT molecular complexity index is 6630. The molecule has 0 aliphatic rings. The van der Waals surface area contributed by atoms with E-state index in [1.165, 1.54) is 60.7 Å². The zero-order valence-electron chi connectivity index (χ0n) is 69.4. The van der Waals surface area contributed by atoms with Crippen molar-refractivity contribution in [3.8, 4) is 177 Å². The molecule has 5 heterocycles. The molecular formula is C109H58F5N19. The molecule has 0 fully saturated rings.